The minimum atomic E-state index is 0.0646. The Hall–Kier alpha value is -3.97. The molecule has 0 amide bonds. The normalized spacial score (nSPS) is 15.5. The Morgan fingerprint density at radius 3 is 1.78 bits per heavy atom. The zero-order valence-electron chi connectivity index (χ0n) is 21.1. The molecule has 0 saturated carbocycles. The fourth-order valence-electron chi connectivity index (χ4n) is 6.95. The monoisotopic (exact) mass is 461 g/mol. The molecule has 0 fully saturated rings. The summed E-state index contributed by atoms with van der Waals surface area (Å²) in [4.78, 5) is 5.05. The van der Waals surface area contributed by atoms with Crippen LogP contribution in [0.15, 0.2) is 85.1 Å². The number of hydrogen-bond donors (Lipinski definition) is 0. The molecule has 172 valence electrons. The maximum Gasteiger partial charge on any atom is 0.0525 e. The highest BCUT2D eigenvalue weighted by Crippen LogP contribution is 2.62. The Balaban J connectivity index is 1.62. The van der Waals surface area contributed by atoms with Gasteiger partial charge in [0.15, 0.2) is 0 Å². The molecule has 0 radical (unpaired) electrons. The topological polar surface area (TPSA) is 12.9 Å². The molecular weight excluding hydrogens is 434 g/mol. The second-order valence-corrected chi connectivity index (χ2v) is 11.7. The van der Waals surface area contributed by atoms with Crippen LogP contribution in [-0.2, 0) is 5.41 Å². The fraction of sp³-hybridized carbons (Fsp3) is 0.171. The van der Waals surface area contributed by atoms with Crippen LogP contribution in [0.25, 0.3) is 55.6 Å². The van der Waals surface area contributed by atoms with E-state index in [-0.39, 0.29) is 11.3 Å². The number of nitrogens with zero attached hydrogens (tertiary/aromatic N) is 1. The Kier molecular flexibility index (Phi) is 3.72. The van der Waals surface area contributed by atoms with Crippen LogP contribution in [0, 0.1) is 6.92 Å². The van der Waals surface area contributed by atoms with Crippen LogP contribution >= 0.6 is 0 Å². The van der Waals surface area contributed by atoms with Crippen LogP contribution in [-0.4, -0.2) is 4.98 Å². The standard InChI is InChI=1S/C35H27N/c1-19-16-27-25-12-6-10-22-21-8-5-9-23-24-11-7-13-26(33(24)32(22)25)30(28(17-19)34(27)31(21)23)29-18-20(14-15-36-29)35(2,3)4/h5-18,30H,1-4H3. The van der Waals surface area contributed by atoms with Gasteiger partial charge in [0.25, 0.3) is 0 Å². The third-order valence-corrected chi connectivity index (χ3v) is 8.47. The van der Waals surface area contributed by atoms with Gasteiger partial charge < -0.3 is 0 Å². The van der Waals surface area contributed by atoms with Gasteiger partial charge in [0.1, 0.15) is 0 Å². The van der Waals surface area contributed by atoms with Crippen LogP contribution < -0.4 is 0 Å². The molecular formula is C35H27N. The average molecular weight is 462 g/mol. The summed E-state index contributed by atoms with van der Waals surface area (Å²) in [6.45, 7) is 9.10. The van der Waals surface area contributed by atoms with E-state index in [1.807, 2.05) is 6.20 Å². The summed E-state index contributed by atoms with van der Waals surface area (Å²) >= 11 is 0. The van der Waals surface area contributed by atoms with Crippen LogP contribution in [0.4, 0.5) is 0 Å². The van der Waals surface area contributed by atoms with Gasteiger partial charge in [-0.25, -0.2) is 0 Å². The van der Waals surface area contributed by atoms with Gasteiger partial charge in [-0.1, -0.05) is 93.1 Å². The zero-order valence-corrected chi connectivity index (χ0v) is 21.1. The number of aryl methyl sites for hydroxylation is 1. The highest BCUT2D eigenvalue weighted by molar-refractivity contribution is 6.17. The van der Waals surface area contributed by atoms with Gasteiger partial charge >= 0.3 is 0 Å². The zero-order chi connectivity index (χ0) is 24.3. The third kappa shape index (κ3) is 2.43. The molecule has 4 aromatic carbocycles. The van der Waals surface area contributed by atoms with Gasteiger partial charge in [0.2, 0.25) is 0 Å². The van der Waals surface area contributed by atoms with E-state index < -0.39 is 0 Å². The van der Waals surface area contributed by atoms with E-state index in [1.54, 1.807) is 0 Å². The first-order valence-corrected chi connectivity index (χ1v) is 12.9. The van der Waals surface area contributed by atoms with Crippen molar-refractivity contribution in [2.75, 3.05) is 0 Å². The molecule has 5 aromatic rings. The van der Waals surface area contributed by atoms with E-state index in [2.05, 4.69) is 107 Å². The highest BCUT2D eigenvalue weighted by atomic mass is 14.7. The van der Waals surface area contributed by atoms with Crippen molar-refractivity contribution in [2.24, 2.45) is 0 Å². The summed E-state index contributed by atoms with van der Waals surface area (Å²) in [5.41, 5.74) is 20.3. The van der Waals surface area contributed by atoms with Crippen molar-refractivity contribution in [1.29, 1.82) is 0 Å². The SMILES string of the molecule is Cc1cc2c3c(c1)C(c1cc(C(C)(C)C)ccn1)c1cccc4c1-c1c(cccc1-2)-c1cccc-4c1-3. The Bertz CT molecular complexity index is 1750. The number of benzene rings is 4. The number of aromatic nitrogens is 1. The van der Waals surface area contributed by atoms with Crippen molar-refractivity contribution in [2.45, 2.75) is 39.0 Å². The molecule has 1 nitrogen and oxygen atoms in total. The Morgan fingerprint density at radius 2 is 1.14 bits per heavy atom. The van der Waals surface area contributed by atoms with E-state index >= 15 is 0 Å². The summed E-state index contributed by atoms with van der Waals surface area (Å²) in [6.07, 6.45) is 2.01. The van der Waals surface area contributed by atoms with Crippen molar-refractivity contribution < 1.29 is 0 Å². The molecule has 0 N–H and O–H groups in total. The number of rotatable bonds is 1. The van der Waals surface area contributed by atoms with Gasteiger partial charge in [0.05, 0.1) is 11.6 Å². The molecule has 4 aliphatic rings. The highest BCUT2D eigenvalue weighted by Gasteiger charge is 2.39. The molecule has 0 spiro atoms. The lowest BCUT2D eigenvalue weighted by molar-refractivity contribution is 0.587. The van der Waals surface area contributed by atoms with Gasteiger partial charge in [-0.15, -0.1) is 0 Å². The minimum absolute atomic E-state index is 0.0646. The Labute approximate surface area is 212 Å². The lowest BCUT2D eigenvalue weighted by Crippen LogP contribution is -2.16. The van der Waals surface area contributed by atoms with Crippen LogP contribution in [0.1, 0.15) is 54.6 Å². The third-order valence-electron chi connectivity index (χ3n) is 8.47. The molecule has 4 aliphatic carbocycles. The quantitative estimate of drug-likeness (QED) is 0.237. The predicted molar refractivity (Wildman–Crippen MR) is 149 cm³/mol. The lowest BCUT2D eigenvalue weighted by atomic mass is 9.70. The summed E-state index contributed by atoms with van der Waals surface area (Å²) < 4.78 is 0. The predicted octanol–water partition coefficient (Wildman–Crippen LogP) is 9.14. The maximum absolute atomic E-state index is 5.05. The van der Waals surface area contributed by atoms with Crippen LogP contribution in [0.5, 0.6) is 0 Å². The maximum atomic E-state index is 5.05. The second-order valence-electron chi connectivity index (χ2n) is 11.7. The average Bonchev–Trinajstić information content (AvgIpc) is 2.94. The lowest BCUT2D eigenvalue weighted by Gasteiger charge is -2.33. The van der Waals surface area contributed by atoms with Gasteiger partial charge in [-0.2, -0.15) is 0 Å². The largest absolute Gasteiger partial charge is 0.260 e. The van der Waals surface area contributed by atoms with Crippen molar-refractivity contribution >= 4 is 0 Å². The second kappa shape index (κ2) is 6.62. The summed E-state index contributed by atoms with van der Waals surface area (Å²) in [7, 11) is 0. The molecule has 1 heterocycles. The van der Waals surface area contributed by atoms with Gasteiger partial charge in [0, 0.05) is 6.20 Å². The Morgan fingerprint density at radius 1 is 0.583 bits per heavy atom. The first kappa shape index (κ1) is 20.2. The molecule has 0 aliphatic heterocycles. The van der Waals surface area contributed by atoms with E-state index in [0.29, 0.717) is 0 Å². The van der Waals surface area contributed by atoms with Crippen LogP contribution in [0.3, 0.4) is 0 Å². The summed E-state index contributed by atoms with van der Waals surface area (Å²) in [5.74, 6) is 0.0800. The summed E-state index contributed by atoms with van der Waals surface area (Å²) in [5, 5.41) is 0. The van der Waals surface area contributed by atoms with E-state index in [0.717, 1.165) is 5.69 Å². The fourth-order valence-corrected chi connectivity index (χ4v) is 6.95. The first-order valence-electron chi connectivity index (χ1n) is 12.9. The van der Waals surface area contributed by atoms with Crippen molar-refractivity contribution in [3.8, 4) is 55.6 Å². The van der Waals surface area contributed by atoms with Crippen LogP contribution in [0.2, 0.25) is 0 Å². The molecule has 36 heavy (non-hydrogen) atoms. The molecule has 0 saturated heterocycles. The van der Waals surface area contributed by atoms with E-state index in [9.17, 15) is 0 Å². The first-order chi connectivity index (χ1) is 17.4. The van der Waals surface area contributed by atoms with Crippen molar-refractivity contribution in [3.63, 3.8) is 0 Å². The minimum Gasteiger partial charge on any atom is -0.260 e. The van der Waals surface area contributed by atoms with Crippen molar-refractivity contribution in [1.82, 2.24) is 4.98 Å². The molecule has 12 bridgehead atoms. The van der Waals surface area contributed by atoms with E-state index in [1.165, 1.54) is 77.9 Å². The molecule has 1 unspecified atom stereocenters. The number of hydrogen-bond acceptors (Lipinski definition) is 1. The molecule has 1 aromatic heterocycles. The molecule has 1 heteroatoms. The summed E-state index contributed by atoms with van der Waals surface area (Å²) in [6, 6.07) is 30.1. The number of pyridine rings is 1. The van der Waals surface area contributed by atoms with Gasteiger partial charge in [-0.3, -0.25) is 4.98 Å². The smallest absolute Gasteiger partial charge is 0.0525 e. The van der Waals surface area contributed by atoms with Gasteiger partial charge in [-0.05, 0) is 96.8 Å². The van der Waals surface area contributed by atoms with Crippen molar-refractivity contribution in [3.05, 3.63) is 113 Å². The van der Waals surface area contributed by atoms with E-state index in [4.69, 9.17) is 4.98 Å². The molecule has 1 atom stereocenters. The molecule has 9 rings (SSSR count).